The second-order valence-corrected chi connectivity index (χ2v) is 6.20. The Balaban J connectivity index is 2.05. The van der Waals surface area contributed by atoms with E-state index in [2.05, 4.69) is 6.92 Å². The summed E-state index contributed by atoms with van der Waals surface area (Å²) in [4.78, 5) is 11.7. The van der Waals surface area contributed by atoms with Crippen molar-refractivity contribution in [1.29, 1.82) is 0 Å². The lowest BCUT2D eigenvalue weighted by molar-refractivity contribution is -0.143. The number of fused-ring (bicyclic) bond motifs is 3. The maximum absolute atomic E-state index is 11.7. The fourth-order valence-corrected chi connectivity index (χ4v) is 4.00. The molecule has 0 radical (unpaired) electrons. The highest BCUT2D eigenvalue weighted by Crippen LogP contribution is 2.53. The van der Waals surface area contributed by atoms with Gasteiger partial charge in [-0.1, -0.05) is 12.5 Å². The highest BCUT2D eigenvalue weighted by Gasteiger charge is 2.56. The van der Waals surface area contributed by atoms with Crippen LogP contribution in [-0.2, 0) is 9.53 Å². The molecule has 3 aliphatic rings. The average Bonchev–Trinajstić information content (AvgIpc) is 2.74. The number of aliphatic hydroxyl groups is 1. The minimum atomic E-state index is -0.670. The molecule has 2 aliphatic carbocycles. The predicted octanol–water partition coefficient (Wildman–Crippen LogP) is 2.05. The monoisotopic (exact) mass is 236 g/mol. The molecule has 3 rings (SSSR count). The fraction of sp³-hybridized carbons (Fsp3) is 0.786. The summed E-state index contributed by atoms with van der Waals surface area (Å²) in [7, 11) is 0. The summed E-state index contributed by atoms with van der Waals surface area (Å²) in [6.45, 7) is 5.96. The van der Waals surface area contributed by atoms with Crippen LogP contribution in [0.25, 0.3) is 0 Å². The van der Waals surface area contributed by atoms with Crippen molar-refractivity contribution < 1.29 is 14.6 Å². The summed E-state index contributed by atoms with van der Waals surface area (Å²) in [5, 5.41) is 10.6. The molecule has 1 heterocycles. The standard InChI is InChI=1S/C14H20O3/c1-7-4-5-10-11(7)12-9(6-14(10,3)16)8(2)13(15)17-12/h8-10,12,16H,4-6H2,1-3H3. The normalized spacial score (nSPS) is 49.1. The Bertz CT molecular complexity index is 408. The van der Waals surface area contributed by atoms with Gasteiger partial charge in [0.05, 0.1) is 11.5 Å². The fourth-order valence-electron chi connectivity index (χ4n) is 4.00. The van der Waals surface area contributed by atoms with Gasteiger partial charge in [0, 0.05) is 11.8 Å². The molecule has 0 aromatic rings. The molecule has 1 N–H and O–H groups in total. The molecule has 3 nitrogen and oxygen atoms in total. The minimum Gasteiger partial charge on any atom is -0.457 e. The highest BCUT2D eigenvalue weighted by molar-refractivity contribution is 5.76. The van der Waals surface area contributed by atoms with E-state index in [1.807, 2.05) is 13.8 Å². The highest BCUT2D eigenvalue weighted by atomic mass is 16.6. The van der Waals surface area contributed by atoms with Gasteiger partial charge in [0.1, 0.15) is 6.10 Å². The van der Waals surface area contributed by atoms with Crippen LogP contribution in [0.1, 0.15) is 40.0 Å². The van der Waals surface area contributed by atoms with Gasteiger partial charge in [-0.05, 0) is 38.7 Å². The van der Waals surface area contributed by atoms with Gasteiger partial charge in [0.15, 0.2) is 0 Å². The summed E-state index contributed by atoms with van der Waals surface area (Å²) in [6.07, 6.45) is 2.67. The molecule has 1 saturated heterocycles. The molecule has 2 fully saturated rings. The minimum absolute atomic E-state index is 0.0507. The van der Waals surface area contributed by atoms with Crippen molar-refractivity contribution >= 4 is 5.97 Å². The third-order valence-electron chi connectivity index (χ3n) is 5.03. The lowest BCUT2D eigenvalue weighted by atomic mass is 9.66. The van der Waals surface area contributed by atoms with Gasteiger partial charge in [0.25, 0.3) is 0 Å². The van der Waals surface area contributed by atoms with Crippen LogP contribution in [0.3, 0.4) is 0 Å². The molecule has 94 valence electrons. The van der Waals surface area contributed by atoms with Crippen LogP contribution in [0.4, 0.5) is 0 Å². The summed E-state index contributed by atoms with van der Waals surface area (Å²) in [5.74, 6) is 0.190. The Morgan fingerprint density at radius 2 is 2.18 bits per heavy atom. The van der Waals surface area contributed by atoms with E-state index in [0.29, 0.717) is 6.42 Å². The van der Waals surface area contributed by atoms with Crippen LogP contribution in [0.2, 0.25) is 0 Å². The third kappa shape index (κ3) is 1.41. The Morgan fingerprint density at radius 3 is 2.88 bits per heavy atom. The van der Waals surface area contributed by atoms with E-state index in [1.54, 1.807) is 0 Å². The number of hydrogen-bond donors (Lipinski definition) is 1. The molecule has 0 amide bonds. The second-order valence-electron chi connectivity index (χ2n) is 6.20. The molecule has 1 aliphatic heterocycles. The van der Waals surface area contributed by atoms with Crippen molar-refractivity contribution in [2.45, 2.75) is 51.7 Å². The van der Waals surface area contributed by atoms with Gasteiger partial charge < -0.3 is 9.84 Å². The van der Waals surface area contributed by atoms with Crippen LogP contribution in [0, 0.1) is 17.8 Å². The SMILES string of the molecule is CC1=C2C3OC(=O)C(C)C3CC(C)(O)C2CC1. The van der Waals surface area contributed by atoms with Crippen molar-refractivity contribution in [3.8, 4) is 0 Å². The molecule has 0 bridgehead atoms. The van der Waals surface area contributed by atoms with Gasteiger partial charge in [-0.2, -0.15) is 0 Å². The first-order valence-electron chi connectivity index (χ1n) is 6.54. The van der Waals surface area contributed by atoms with Gasteiger partial charge >= 0.3 is 5.97 Å². The maximum Gasteiger partial charge on any atom is 0.309 e. The van der Waals surface area contributed by atoms with E-state index in [1.165, 1.54) is 11.1 Å². The zero-order valence-corrected chi connectivity index (χ0v) is 10.7. The number of carbonyl (C=O) groups excluding carboxylic acids is 1. The number of ether oxygens (including phenoxy) is 1. The molecule has 3 heteroatoms. The predicted molar refractivity (Wildman–Crippen MR) is 63.2 cm³/mol. The van der Waals surface area contributed by atoms with Crippen LogP contribution in [0.5, 0.6) is 0 Å². The second kappa shape index (κ2) is 3.35. The Labute approximate surface area is 102 Å². The Morgan fingerprint density at radius 1 is 1.47 bits per heavy atom. The van der Waals surface area contributed by atoms with Crippen LogP contribution >= 0.6 is 0 Å². The van der Waals surface area contributed by atoms with Gasteiger partial charge in [-0.15, -0.1) is 0 Å². The number of hydrogen-bond acceptors (Lipinski definition) is 3. The molecule has 0 spiro atoms. The average molecular weight is 236 g/mol. The maximum atomic E-state index is 11.7. The first-order chi connectivity index (χ1) is 7.92. The Hall–Kier alpha value is -0.830. The van der Waals surface area contributed by atoms with Crippen molar-refractivity contribution in [3.63, 3.8) is 0 Å². The topological polar surface area (TPSA) is 46.5 Å². The molecule has 17 heavy (non-hydrogen) atoms. The number of carbonyl (C=O) groups is 1. The van der Waals surface area contributed by atoms with Crippen molar-refractivity contribution in [1.82, 2.24) is 0 Å². The first kappa shape index (κ1) is 11.3. The number of esters is 1. The number of rotatable bonds is 0. The summed E-state index contributed by atoms with van der Waals surface area (Å²) in [6, 6.07) is 0. The zero-order valence-electron chi connectivity index (χ0n) is 10.7. The largest absolute Gasteiger partial charge is 0.457 e. The van der Waals surface area contributed by atoms with Crippen LogP contribution in [-0.4, -0.2) is 22.8 Å². The lowest BCUT2D eigenvalue weighted by Crippen LogP contribution is -2.47. The van der Waals surface area contributed by atoms with Gasteiger partial charge in [-0.3, -0.25) is 4.79 Å². The molecular weight excluding hydrogens is 216 g/mol. The van der Waals surface area contributed by atoms with Crippen LogP contribution in [0.15, 0.2) is 11.1 Å². The molecular formula is C14H20O3. The van der Waals surface area contributed by atoms with E-state index in [9.17, 15) is 9.90 Å². The van der Waals surface area contributed by atoms with E-state index in [4.69, 9.17) is 4.74 Å². The zero-order chi connectivity index (χ0) is 12.4. The van der Waals surface area contributed by atoms with Crippen molar-refractivity contribution in [2.24, 2.45) is 17.8 Å². The molecule has 5 unspecified atom stereocenters. The molecule has 5 atom stereocenters. The van der Waals surface area contributed by atoms with Gasteiger partial charge in [0.2, 0.25) is 0 Å². The van der Waals surface area contributed by atoms with E-state index < -0.39 is 5.60 Å². The van der Waals surface area contributed by atoms with E-state index in [0.717, 1.165) is 12.8 Å². The molecule has 0 aromatic heterocycles. The van der Waals surface area contributed by atoms with Crippen LogP contribution < -0.4 is 0 Å². The van der Waals surface area contributed by atoms with E-state index in [-0.39, 0.29) is 29.8 Å². The summed E-state index contributed by atoms with van der Waals surface area (Å²) in [5.41, 5.74) is 1.88. The van der Waals surface area contributed by atoms with E-state index >= 15 is 0 Å². The van der Waals surface area contributed by atoms with Crippen molar-refractivity contribution in [3.05, 3.63) is 11.1 Å². The third-order valence-corrected chi connectivity index (χ3v) is 5.03. The number of allylic oxidation sites excluding steroid dienone is 1. The molecule has 1 saturated carbocycles. The lowest BCUT2D eigenvalue weighted by Gasteiger charge is -2.42. The quantitative estimate of drug-likeness (QED) is 0.517. The van der Waals surface area contributed by atoms with Crippen molar-refractivity contribution in [2.75, 3.05) is 0 Å². The smallest absolute Gasteiger partial charge is 0.309 e. The summed E-state index contributed by atoms with van der Waals surface area (Å²) >= 11 is 0. The Kier molecular flexibility index (Phi) is 2.22. The first-order valence-corrected chi connectivity index (χ1v) is 6.54. The van der Waals surface area contributed by atoms with Gasteiger partial charge in [-0.25, -0.2) is 0 Å². The summed E-state index contributed by atoms with van der Waals surface area (Å²) < 4.78 is 5.55. The molecule has 0 aromatic carbocycles.